The summed E-state index contributed by atoms with van der Waals surface area (Å²) in [4.78, 5) is 24.7. The van der Waals surface area contributed by atoms with Crippen molar-refractivity contribution in [2.24, 2.45) is 0 Å². The summed E-state index contributed by atoms with van der Waals surface area (Å²) < 4.78 is 4.74. The molecule has 0 radical (unpaired) electrons. The summed E-state index contributed by atoms with van der Waals surface area (Å²) in [5, 5.41) is 14.1. The Labute approximate surface area is 127 Å². The average Bonchev–Trinajstić information content (AvgIpc) is 2.43. The summed E-state index contributed by atoms with van der Waals surface area (Å²) >= 11 is 0. The molecule has 0 saturated carbocycles. The first-order valence-electron chi connectivity index (χ1n) is 7.46. The van der Waals surface area contributed by atoms with Crippen LogP contribution in [0.15, 0.2) is 0 Å². The normalized spacial score (nSPS) is 13.8. The highest BCUT2D eigenvalue weighted by molar-refractivity contribution is 5.76. The minimum Gasteiger partial charge on any atom is -0.479 e. The number of urea groups is 1. The molecule has 0 aliphatic heterocycles. The zero-order valence-electron chi connectivity index (χ0n) is 13.5. The lowest BCUT2D eigenvalue weighted by Gasteiger charge is -2.20. The fourth-order valence-corrected chi connectivity index (χ4v) is 1.96. The van der Waals surface area contributed by atoms with E-state index >= 15 is 0 Å². The first-order chi connectivity index (χ1) is 9.94. The monoisotopic (exact) mass is 303 g/mol. The zero-order valence-corrected chi connectivity index (χ0v) is 13.5. The number of nitrogens with zero attached hydrogens (tertiary/aromatic N) is 1. The molecule has 0 bridgehead atoms. The van der Waals surface area contributed by atoms with E-state index in [4.69, 9.17) is 9.84 Å². The van der Waals surface area contributed by atoms with E-state index in [2.05, 4.69) is 29.4 Å². The van der Waals surface area contributed by atoms with Crippen LogP contribution in [0, 0.1) is 0 Å². The third-order valence-corrected chi connectivity index (χ3v) is 3.39. The van der Waals surface area contributed by atoms with E-state index in [9.17, 15) is 9.59 Å². The number of carbonyl (C=O) groups is 2. The van der Waals surface area contributed by atoms with Crippen molar-refractivity contribution in [3.05, 3.63) is 0 Å². The highest BCUT2D eigenvalue weighted by Gasteiger charge is 2.17. The van der Waals surface area contributed by atoms with Crippen LogP contribution in [0.1, 0.15) is 33.6 Å². The van der Waals surface area contributed by atoms with Gasteiger partial charge in [-0.15, -0.1) is 0 Å². The molecule has 0 rings (SSSR count). The lowest BCUT2D eigenvalue weighted by Crippen LogP contribution is -2.45. The van der Waals surface area contributed by atoms with E-state index in [1.165, 1.54) is 7.11 Å². The van der Waals surface area contributed by atoms with Crippen molar-refractivity contribution in [2.75, 3.05) is 33.3 Å². The molecule has 0 fully saturated rings. The van der Waals surface area contributed by atoms with Crippen molar-refractivity contribution >= 4 is 12.0 Å². The summed E-state index contributed by atoms with van der Waals surface area (Å²) in [6.07, 6.45) is 0.879. The summed E-state index contributed by atoms with van der Waals surface area (Å²) in [6.45, 7) is 9.24. The van der Waals surface area contributed by atoms with Gasteiger partial charge in [-0.3, -0.25) is 0 Å². The van der Waals surface area contributed by atoms with E-state index in [0.29, 0.717) is 0 Å². The van der Waals surface area contributed by atoms with Crippen molar-refractivity contribution in [1.82, 2.24) is 15.5 Å². The molecular weight excluding hydrogens is 274 g/mol. The molecule has 0 aromatic carbocycles. The fourth-order valence-electron chi connectivity index (χ4n) is 1.96. The number of aliphatic carboxylic acids is 1. The molecule has 2 amide bonds. The van der Waals surface area contributed by atoms with Crippen molar-refractivity contribution in [3.63, 3.8) is 0 Å². The number of methoxy groups -OCH3 is 1. The van der Waals surface area contributed by atoms with E-state index in [1.807, 2.05) is 6.92 Å². The van der Waals surface area contributed by atoms with Crippen molar-refractivity contribution in [2.45, 2.75) is 45.8 Å². The minimum absolute atomic E-state index is 0.0476. The Hall–Kier alpha value is -1.34. The van der Waals surface area contributed by atoms with Crippen LogP contribution in [0.25, 0.3) is 0 Å². The first-order valence-corrected chi connectivity index (χ1v) is 7.46. The van der Waals surface area contributed by atoms with Gasteiger partial charge in [-0.25, -0.2) is 9.59 Å². The van der Waals surface area contributed by atoms with Gasteiger partial charge in [-0.05, 0) is 39.4 Å². The third kappa shape index (κ3) is 9.25. The number of carbonyl (C=O) groups excluding carboxylic acids is 1. The Morgan fingerprint density at radius 1 is 1.29 bits per heavy atom. The molecule has 21 heavy (non-hydrogen) atoms. The molecule has 7 heteroatoms. The summed E-state index contributed by atoms with van der Waals surface area (Å²) in [7, 11) is 1.30. The van der Waals surface area contributed by atoms with Crippen LogP contribution in [0.4, 0.5) is 4.79 Å². The SMILES string of the molecule is CCN(CC)CCCC(C)NC(=O)NCC(OC)C(=O)O. The Kier molecular flexibility index (Phi) is 10.6. The van der Waals surface area contributed by atoms with Gasteiger partial charge in [0.2, 0.25) is 0 Å². The standard InChI is InChI=1S/C14H29N3O4/c1-5-17(6-2)9-7-8-11(3)16-14(20)15-10-12(21-4)13(18)19/h11-12H,5-10H2,1-4H3,(H,18,19)(H2,15,16,20). The Morgan fingerprint density at radius 3 is 2.38 bits per heavy atom. The molecule has 124 valence electrons. The van der Waals surface area contributed by atoms with Gasteiger partial charge in [0.15, 0.2) is 6.10 Å². The Morgan fingerprint density at radius 2 is 1.90 bits per heavy atom. The highest BCUT2D eigenvalue weighted by atomic mass is 16.5. The minimum atomic E-state index is -1.09. The number of amides is 2. The second kappa shape index (κ2) is 11.3. The highest BCUT2D eigenvalue weighted by Crippen LogP contribution is 1.99. The molecule has 2 unspecified atom stereocenters. The molecule has 2 atom stereocenters. The summed E-state index contributed by atoms with van der Waals surface area (Å²) in [6, 6.07) is -0.319. The number of carboxylic acids is 1. The number of rotatable bonds is 11. The van der Waals surface area contributed by atoms with Crippen LogP contribution >= 0.6 is 0 Å². The lowest BCUT2D eigenvalue weighted by atomic mass is 10.2. The number of hydrogen-bond donors (Lipinski definition) is 3. The lowest BCUT2D eigenvalue weighted by molar-refractivity contribution is -0.147. The number of carboxylic acid groups (broad SMARTS) is 1. The van der Waals surface area contributed by atoms with Gasteiger partial charge in [0.25, 0.3) is 0 Å². The van der Waals surface area contributed by atoms with Crippen LogP contribution < -0.4 is 10.6 Å². The Balaban J connectivity index is 3.86. The van der Waals surface area contributed by atoms with E-state index in [0.717, 1.165) is 32.5 Å². The van der Waals surface area contributed by atoms with Crippen LogP contribution in [0.5, 0.6) is 0 Å². The first kappa shape index (κ1) is 19.7. The third-order valence-electron chi connectivity index (χ3n) is 3.39. The summed E-state index contributed by atoms with van der Waals surface area (Å²) in [5.74, 6) is -1.09. The van der Waals surface area contributed by atoms with E-state index < -0.39 is 12.1 Å². The van der Waals surface area contributed by atoms with E-state index in [1.54, 1.807) is 0 Å². The molecule has 0 spiro atoms. The number of ether oxygens (including phenoxy) is 1. The Bertz CT molecular complexity index is 309. The maximum atomic E-state index is 11.6. The van der Waals surface area contributed by atoms with Crippen LogP contribution in [0.3, 0.4) is 0 Å². The van der Waals surface area contributed by atoms with Crippen molar-refractivity contribution in [3.8, 4) is 0 Å². The largest absolute Gasteiger partial charge is 0.479 e. The van der Waals surface area contributed by atoms with Crippen LogP contribution in [0.2, 0.25) is 0 Å². The van der Waals surface area contributed by atoms with Gasteiger partial charge in [0.05, 0.1) is 6.54 Å². The molecule has 3 N–H and O–H groups in total. The predicted octanol–water partition coefficient (Wildman–Crippen LogP) is 0.896. The van der Waals surface area contributed by atoms with Crippen molar-refractivity contribution in [1.29, 1.82) is 0 Å². The molecule has 0 aliphatic carbocycles. The maximum Gasteiger partial charge on any atom is 0.334 e. The fraction of sp³-hybridized carbons (Fsp3) is 0.857. The predicted molar refractivity (Wildman–Crippen MR) is 81.5 cm³/mol. The molecule has 0 aromatic rings. The van der Waals surface area contributed by atoms with Gasteiger partial charge in [0, 0.05) is 13.2 Å². The average molecular weight is 303 g/mol. The van der Waals surface area contributed by atoms with Gasteiger partial charge >= 0.3 is 12.0 Å². The van der Waals surface area contributed by atoms with Crippen molar-refractivity contribution < 1.29 is 19.4 Å². The maximum absolute atomic E-state index is 11.6. The van der Waals surface area contributed by atoms with E-state index in [-0.39, 0.29) is 18.6 Å². The van der Waals surface area contributed by atoms with Gasteiger partial charge < -0.3 is 25.4 Å². The number of hydrogen-bond acceptors (Lipinski definition) is 4. The van der Waals surface area contributed by atoms with Gasteiger partial charge in [-0.2, -0.15) is 0 Å². The molecular formula is C14H29N3O4. The number of nitrogens with one attached hydrogen (secondary N) is 2. The van der Waals surface area contributed by atoms with Gasteiger partial charge in [-0.1, -0.05) is 13.8 Å². The van der Waals surface area contributed by atoms with Gasteiger partial charge in [0.1, 0.15) is 0 Å². The smallest absolute Gasteiger partial charge is 0.334 e. The second-order valence-electron chi connectivity index (χ2n) is 4.99. The summed E-state index contributed by atoms with van der Waals surface area (Å²) in [5.41, 5.74) is 0. The molecule has 0 aliphatic rings. The topological polar surface area (TPSA) is 90.9 Å². The zero-order chi connectivity index (χ0) is 16.3. The van der Waals surface area contributed by atoms with Crippen LogP contribution in [-0.4, -0.2) is 67.4 Å². The molecule has 0 aromatic heterocycles. The molecule has 0 saturated heterocycles. The second-order valence-corrected chi connectivity index (χ2v) is 4.99. The molecule has 0 heterocycles. The quantitative estimate of drug-likeness (QED) is 0.527. The van der Waals surface area contributed by atoms with Crippen LogP contribution in [-0.2, 0) is 9.53 Å². The molecule has 7 nitrogen and oxygen atoms in total.